The van der Waals surface area contributed by atoms with Crippen LogP contribution in [0.1, 0.15) is 0 Å². The summed E-state index contributed by atoms with van der Waals surface area (Å²) in [5.74, 6) is 0. The summed E-state index contributed by atoms with van der Waals surface area (Å²) in [7, 11) is 0. The number of aliphatic hydroxyl groups excluding tert-OH is 1. The van der Waals surface area contributed by atoms with E-state index in [2.05, 4.69) is 0 Å². The number of ether oxygens (including phenoxy) is 2. The minimum atomic E-state index is -0.566. The Morgan fingerprint density at radius 2 is 2.33 bits per heavy atom. The van der Waals surface area contributed by atoms with Crippen LogP contribution in [-0.4, -0.2) is 30.2 Å². The van der Waals surface area contributed by atoms with Crippen molar-refractivity contribution < 1.29 is 14.6 Å². The summed E-state index contributed by atoms with van der Waals surface area (Å²) in [5.41, 5.74) is 0. The van der Waals surface area contributed by atoms with Crippen LogP contribution in [0.3, 0.4) is 0 Å². The van der Waals surface area contributed by atoms with Crippen molar-refractivity contribution in [3.8, 4) is 0 Å². The van der Waals surface area contributed by atoms with Crippen molar-refractivity contribution in [2.24, 2.45) is 0 Å². The second-order valence-corrected chi connectivity index (χ2v) is 2.25. The second-order valence-electron chi connectivity index (χ2n) is 2.25. The molecule has 3 atom stereocenters. The van der Waals surface area contributed by atoms with Crippen molar-refractivity contribution in [3.05, 3.63) is 12.2 Å². The highest BCUT2D eigenvalue weighted by atomic mass is 16.7. The molecule has 0 aromatic heterocycles. The third-order valence-corrected chi connectivity index (χ3v) is 1.54. The van der Waals surface area contributed by atoms with Gasteiger partial charge < -0.3 is 14.6 Å². The van der Waals surface area contributed by atoms with Crippen molar-refractivity contribution in [2.45, 2.75) is 18.5 Å². The highest BCUT2D eigenvalue weighted by Crippen LogP contribution is 2.20. The minimum Gasteiger partial charge on any atom is -0.384 e. The van der Waals surface area contributed by atoms with Crippen molar-refractivity contribution >= 4 is 0 Å². The molecule has 2 heterocycles. The molecule has 3 nitrogen and oxygen atoms in total. The van der Waals surface area contributed by atoms with Crippen LogP contribution in [0.25, 0.3) is 0 Å². The number of aliphatic hydroxyl groups is 1. The largest absolute Gasteiger partial charge is 0.384 e. The van der Waals surface area contributed by atoms with E-state index < -0.39 is 12.4 Å². The van der Waals surface area contributed by atoms with Crippen molar-refractivity contribution in [1.29, 1.82) is 0 Å². The molecule has 0 aromatic rings. The van der Waals surface area contributed by atoms with Gasteiger partial charge in [0.05, 0.1) is 6.61 Å². The van der Waals surface area contributed by atoms with Crippen LogP contribution in [0.5, 0.6) is 0 Å². The first-order valence-corrected chi connectivity index (χ1v) is 3.00. The monoisotopic (exact) mass is 128 g/mol. The fourth-order valence-corrected chi connectivity index (χ4v) is 1.05. The van der Waals surface area contributed by atoms with Gasteiger partial charge in [0.25, 0.3) is 0 Å². The number of hydrogen-bond acceptors (Lipinski definition) is 3. The first kappa shape index (κ1) is 5.41. The lowest BCUT2D eigenvalue weighted by molar-refractivity contribution is -0.115. The Bertz CT molecular complexity index is 143. The summed E-state index contributed by atoms with van der Waals surface area (Å²) >= 11 is 0. The second kappa shape index (κ2) is 1.80. The van der Waals surface area contributed by atoms with Crippen molar-refractivity contribution in [1.82, 2.24) is 0 Å². The molecule has 0 saturated carbocycles. The van der Waals surface area contributed by atoms with Gasteiger partial charge in [0.15, 0.2) is 6.29 Å². The Labute approximate surface area is 52.9 Å². The Morgan fingerprint density at radius 3 is 3.11 bits per heavy atom. The van der Waals surface area contributed by atoms with Crippen LogP contribution < -0.4 is 0 Å². The molecular formula is C6H8O3. The average molecular weight is 128 g/mol. The van der Waals surface area contributed by atoms with Gasteiger partial charge in [-0.15, -0.1) is 0 Å². The van der Waals surface area contributed by atoms with E-state index in [0.717, 1.165) is 0 Å². The third kappa shape index (κ3) is 0.775. The van der Waals surface area contributed by atoms with Gasteiger partial charge in [0.1, 0.15) is 12.2 Å². The van der Waals surface area contributed by atoms with Gasteiger partial charge in [-0.25, -0.2) is 0 Å². The molecule has 2 aliphatic heterocycles. The average Bonchev–Trinajstić information content (AvgIpc) is 2.25. The first-order valence-electron chi connectivity index (χ1n) is 3.00. The van der Waals surface area contributed by atoms with Crippen LogP contribution in [0, 0.1) is 0 Å². The number of hydrogen-bond donors (Lipinski definition) is 1. The predicted molar refractivity (Wildman–Crippen MR) is 29.8 cm³/mol. The Balaban J connectivity index is 2.19. The smallest absolute Gasteiger partial charge is 0.188 e. The number of rotatable bonds is 0. The molecule has 1 fully saturated rings. The molecule has 2 bridgehead atoms. The van der Waals surface area contributed by atoms with E-state index in [1.54, 1.807) is 6.08 Å². The molecule has 0 amide bonds. The summed E-state index contributed by atoms with van der Waals surface area (Å²) in [5, 5.41) is 9.06. The van der Waals surface area contributed by atoms with Gasteiger partial charge in [-0.05, 0) is 0 Å². The van der Waals surface area contributed by atoms with Crippen LogP contribution in [-0.2, 0) is 9.47 Å². The van der Waals surface area contributed by atoms with Gasteiger partial charge in [0.2, 0.25) is 0 Å². The van der Waals surface area contributed by atoms with Gasteiger partial charge in [-0.3, -0.25) is 0 Å². The molecule has 2 aliphatic rings. The van der Waals surface area contributed by atoms with E-state index in [9.17, 15) is 0 Å². The van der Waals surface area contributed by atoms with Crippen molar-refractivity contribution in [2.75, 3.05) is 6.61 Å². The van der Waals surface area contributed by atoms with E-state index in [1.165, 1.54) is 0 Å². The van der Waals surface area contributed by atoms with Crippen LogP contribution in [0.4, 0.5) is 0 Å². The summed E-state index contributed by atoms with van der Waals surface area (Å²) in [6, 6.07) is 0. The zero-order valence-corrected chi connectivity index (χ0v) is 4.86. The van der Waals surface area contributed by atoms with Gasteiger partial charge in [0, 0.05) is 0 Å². The minimum absolute atomic E-state index is 0.0819. The standard InChI is InChI=1S/C6H8O3/c7-5-2-1-4-3-8-6(5)9-4/h1-2,4-7H,3H2/t4-,5+,6+/m0/s1. The zero-order chi connectivity index (χ0) is 6.27. The molecule has 1 N–H and O–H groups in total. The van der Waals surface area contributed by atoms with E-state index >= 15 is 0 Å². The molecule has 9 heavy (non-hydrogen) atoms. The molecule has 50 valence electrons. The SMILES string of the molecule is O[C@@H]1C=C[C@H]2CO[C@@H]1O2. The lowest BCUT2D eigenvalue weighted by Crippen LogP contribution is -2.28. The maximum absolute atomic E-state index is 9.06. The van der Waals surface area contributed by atoms with E-state index in [4.69, 9.17) is 14.6 Å². The quantitative estimate of drug-likeness (QED) is 0.453. The Morgan fingerprint density at radius 1 is 1.44 bits per heavy atom. The maximum Gasteiger partial charge on any atom is 0.188 e. The number of fused-ring (bicyclic) bond motifs is 2. The summed E-state index contributed by atoms with van der Waals surface area (Å²) in [6.07, 6.45) is 2.65. The molecule has 0 unspecified atom stereocenters. The third-order valence-electron chi connectivity index (χ3n) is 1.54. The molecular weight excluding hydrogens is 120 g/mol. The van der Waals surface area contributed by atoms with Gasteiger partial charge in [-0.1, -0.05) is 12.2 Å². The normalized spacial score (nSPS) is 47.9. The lowest BCUT2D eigenvalue weighted by Gasteiger charge is -2.17. The molecule has 0 aromatic carbocycles. The molecule has 0 spiro atoms. The van der Waals surface area contributed by atoms with Gasteiger partial charge in [-0.2, -0.15) is 0 Å². The topological polar surface area (TPSA) is 38.7 Å². The molecule has 0 radical (unpaired) electrons. The highest BCUT2D eigenvalue weighted by molar-refractivity contribution is 5.02. The van der Waals surface area contributed by atoms with E-state index in [-0.39, 0.29) is 6.10 Å². The van der Waals surface area contributed by atoms with Crippen molar-refractivity contribution in [3.63, 3.8) is 0 Å². The molecule has 0 aliphatic carbocycles. The van der Waals surface area contributed by atoms with Crippen LogP contribution in [0.2, 0.25) is 0 Å². The maximum atomic E-state index is 9.06. The van der Waals surface area contributed by atoms with Gasteiger partial charge >= 0.3 is 0 Å². The van der Waals surface area contributed by atoms with Crippen LogP contribution in [0.15, 0.2) is 12.2 Å². The predicted octanol–water partition coefficient (Wildman–Crippen LogP) is -0.341. The summed E-state index contributed by atoms with van der Waals surface area (Å²) in [4.78, 5) is 0. The first-order chi connectivity index (χ1) is 4.36. The Kier molecular flexibility index (Phi) is 1.08. The fraction of sp³-hybridized carbons (Fsp3) is 0.667. The summed E-state index contributed by atoms with van der Waals surface area (Å²) < 4.78 is 10.2. The lowest BCUT2D eigenvalue weighted by atomic mass is 10.2. The van der Waals surface area contributed by atoms with E-state index in [0.29, 0.717) is 6.61 Å². The van der Waals surface area contributed by atoms with E-state index in [1.807, 2.05) is 6.08 Å². The fourth-order valence-electron chi connectivity index (χ4n) is 1.05. The molecule has 3 heteroatoms. The molecule has 1 saturated heterocycles. The Hall–Kier alpha value is -0.380. The zero-order valence-electron chi connectivity index (χ0n) is 4.86. The highest BCUT2D eigenvalue weighted by Gasteiger charge is 2.32. The summed E-state index contributed by atoms with van der Waals surface area (Å²) in [6.45, 7) is 0.582. The van der Waals surface area contributed by atoms with Crippen LogP contribution >= 0.6 is 0 Å². The molecule has 2 rings (SSSR count).